The number of carbonyl (C=O) groups excluding carboxylic acids is 1. The number of carbonyl (C=O) groups is 1. The van der Waals surface area contributed by atoms with Crippen molar-refractivity contribution in [3.05, 3.63) is 71.5 Å². The molecule has 2 heterocycles. The van der Waals surface area contributed by atoms with E-state index in [9.17, 15) is 9.18 Å². The van der Waals surface area contributed by atoms with Crippen molar-refractivity contribution >= 4 is 11.7 Å². The minimum absolute atomic E-state index is 0.0455. The summed E-state index contributed by atoms with van der Waals surface area (Å²) in [7, 11) is 0. The van der Waals surface area contributed by atoms with E-state index in [1.165, 1.54) is 12.1 Å². The van der Waals surface area contributed by atoms with Gasteiger partial charge in [0.2, 0.25) is 0 Å². The van der Waals surface area contributed by atoms with Gasteiger partial charge in [0.25, 0.3) is 5.91 Å². The topological polar surface area (TPSA) is 61.0 Å². The SMILES string of the molecule is Cc1ccc(C(=O)N[C@H]2CCN(c3cc(-c4ccc(F)cc4)[nH]n3)C2)cc1. The van der Waals surface area contributed by atoms with Crippen molar-refractivity contribution < 1.29 is 9.18 Å². The number of H-pyrrole nitrogens is 1. The normalized spacial score (nSPS) is 16.5. The van der Waals surface area contributed by atoms with Gasteiger partial charge in [0.1, 0.15) is 5.82 Å². The summed E-state index contributed by atoms with van der Waals surface area (Å²) in [5, 5.41) is 10.5. The number of aromatic amines is 1. The Bertz CT molecular complexity index is 934. The molecular formula is C21H21FN4O. The van der Waals surface area contributed by atoms with Gasteiger partial charge in [0.05, 0.1) is 5.69 Å². The van der Waals surface area contributed by atoms with Crippen LogP contribution in [0, 0.1) is 12.7 Å². The van der Waals surface area contributed by atoms with E-state index in [0.29, 0.717) is 12.1 Å². The van der Waals surface area contributed by atoms with Crippen LogP contribution in [0.15, 0.2) is 54.6 Å². The summed E-state index contributed by atoms with van der Waals surface area (Å²) in [6.07, 6.45) is 0.871. The maximum absolute atomic E-state index is 13.1. The fourth-order valence-corrected chi connectivity index (χ4v) is 3.31. The summed E-state index contributed by atoms with van der Waals surface area (Å²) in [4.78, 5) is 14.5. The standard InChI is InChI=1S/C21H21FN4O/c1-14-2-4-16(5-3-14)21(27)23-18-10-11-26(13-18)20-12-19(24-25-20)15-6-8-17(22)9-7-15/h2-9,12,18H,10-11,13H2,1H3,(H,23,27)(H,24,25)/t18-/m0/s1. The number of nitrogens with one attached hydrogen (secondary N) is 2. The zero-order chi connectivity index (χ0) is 18.8. The van der Waals surface area contributed by atoms with Crippen molar-refractivity contribution in [2.24, 2.45) is 0 Å². The minimum atomic E-state index is -0.259. The first kappa shape index (κ1) is 17.3. The minimum Gasteiger partial charge on any atom is -0.353 e. The molecule has 1 amide bonds. The van der Waals surface area contributed by atoms with Crippen LogP contribution in [-0.4, -0.2) is 35.2 Å². The number of rotatable bonds is 4. The lowest BCUT2D eigenvalue weighted by Gasteiger charge is -2.16. The molecular weight excluding hydrogens is 343 g/mol. The largest absolute Gasteiger partial charge is 0.353 e. The predicted molar refractivity (Wildman–Crippen MR) is 103 cm³/mol. The molecule has 0 radical (unpaired) electrons. The highest BCUT2D eigenvalue weighted by molar-refractivity contribution is 5.94. The van der Waals surface area contributed by atoms with Gasteiger partial charge in [-0.05, 0) is 55.3 Å². The van der Waals surface area contributed by atoms with Crippen molar-refractivity contribution in [2.45, 2.75) is 19.4 Å². The summed E-state index contributed by atoms with van der Waals surface area (Å²) in [5.41, 5.74) is 3.54. The van der Waals surface area contributed by atoms with Crippen LogP contribution in [0.1, 0.15) is 22.3 Å². The predicted octanol–water partition coefficient (Wildman–Crippen LogP) is 3.53. The first-order valence-corrected chi connectivity index (χ1v) is 9.02. The number of amides is 1. The average Bonchev–Trinajstić information content (AvgIpc) is 3.32. The molecule has 0 spiro atoms. The molecule has 4 rings (SSSR count). The van der Waals surface area contributed by atoms with Crippen LogP contribution in [0.5, 0.6) is 0 Å². The Kier molecular flexibility index (Phi) is 4.62. The van der Waals surface area contributed by atoms with E-state index >= 15 is 0 Å². The highest BCUT2D eigenvalue weighted by Gasteiger charge is 2.26. The third kappa shape index (κ3) is 3.84. The van der Waals surface area contributed by atoms with Crippen molar-refractivity contribution in [1.82, 2.24) is 15.5 Å². The molecule has 3 aromatic rings. The zero-order valence-electron chi connectivity index (χ0n) is 15.1. The van der Waals surface area contributed by atoms with E-state index in [-0.39, 0.29) is 17.8 Å². The van der Waals surface area contributed by atoms with Crippen molar-refractivity contribution in [1.29, 1.82) is 0 Å². The number of hydrogen-bond acceptors (Lipinski definition) is 3. The van der Waals surface area contributed by atoms with Gasteiger partial charge in [-0.1, -0.05) is 17.7 Å². The molecule has 2 aromatic carbocycles. The molecule has 0 aliphatic carbocycles. The van der Waals surface area contributed by atoms with E-state index in [1.54, 1.807) is 12.1 Å². The summed E-state index contributed by atoms with van der Waals surface area (Å²) >= 11 is 0. The van der Waals surface area contributed by atoms with Crippen LogP contribution in [0.25, 0.3) is 11.3 Å². The van der Waals surface area contributed by atoms with Gasteiger partial charge in [-0.2, -0.15) is 5.10 Å². The fourth-order valence-electron chi connectivity index (χ4n) is 3.31. The maximum atomic E-state index is 13.1. The average molecular weight is 364 g/mol. The number of aromatic nitrogens is 2. The second-order valence-electron chi connectivity index (χ2n) is 6.92. The van der Waals surface area contributed by atoms with E-state index < -0.39 is 0 Å². The molecule has 1 saturated heterocycles. The molecule has 1 aromatic heterocycles. The second kappa shape index (κ2) is 7.23. The van der Waals surface area contributed by atoms with Crippen LogP contribution < -0.4 is 10.2 Å². The van der Waals surface area contributed by atoms with Gasteiger partial charge >= 0.3 is 0 Å². The number of benzene rings is 2. The number of anilines is 1. The molecule has 27 heavy (non-hydrogen) atoms. The maximum Gasteiger partial charge on any atom is 0.251 e. The molecule has 0 saturated carbocycles. The quantitative estimate of drug-likeness (QED) is 0.744. The summed E-state index contributed by atoms with van der Waals surface area (Å²) in [5.74, 6) is 0.530. The lowest BCUT2D eigenvalue weighted by atomic mass is 10.1. The molecule has 2 N–H and O–H groups in total. The Hall–Kier alpha value is -3.15. The number of nitrogens with zero attached hydrogens (tertiary/aromatic N) is 2. The van der Waals surface area contributed by atoms with Gasteiger partial charge in [-0.25, -0.2) is 4.39 Å². The molecule has 1 aliphatic heterocycles. The molecule has 1 aliphatic rings. The van der Waals surface area contributed by atoms with Crippen molar-refractivity contribution in [2.75, 3.05) is 18.0 Å². The Morgan fingerprint density at radius 3 is 2.67 bits per heavy atom. The number of halogens is 1. The lowest BCUT2D eigenvalue weighted by Crippen LogP contribution is -2.37. The first-order valence-electron chi connectivity index (χ1n) is 9.02. The van der Waals surface area contributed by atoms with Crippen LogP contribution in [0.3, 0.4) is 0 Å². The Labute approximate surface area is 157 Å². The molecule has 1 atom stereocenters. The van der Waals surface area contributed by atoms with Gasteiger partial charge < -0.3 is 10.2 Å². The second-order valence-corrected chi connectivity index (χ2v) is 6.92. The monoisotopic (exact) mass is 364 g/mol. The zero-order valence-corrected chi connectivity index (χ0v) is 15.1. The van der Waals surface area contributed by atoms with E-state index in [0.717, 1.165) is 35.6 Å². The summed E-state index contributed by atoms with van der Waals surface area (Å²) in [6, 6.07) is 15.9. The van der Waals surface area contributed by atoms with Crippen LogP contribution in [-0.2, 0) is 0 Å². The van der Waals surface area contributed by atoms with Crippen molar-refractivity contribution in [3.63, 3.8) is 0 Å². The molecule has 0 unspecified atom stereocenters. The summed E-state index contributed by atoms with van der Waals surface area (Å²) in [6.45, 7) is 3.54. The lowest BCUT2D eigenvalue weighted by molar-refractivity contribution is 0.0940. The fraction of sp³-hybridized carbons (Fsp3) is 0.238. The van der Waals surface area contributed by atoms with Crippen LogP contribution in [0.4, 0.5) is 10.2 Å². The molecule has 1 fully saturated rings. The van der Waals surface area contributed by atoms with Crippen LogP contribution >= 0.6 is 0 Å². The first-order chi connectivity index (χ1) is 13.1. The Morgan fingerprint density at radius 2 is 1.93 bits per heavy atom. The molecule has 6 heteroatoms. The van der Waals surface area contributed by atoms with E-state index in [1.807, 2.05) is 37.3 Å². The third-order valence-electron chi connectivity index (χ3n) is 4.88. The third-order valence-corrected chi connectivity index (χ3v) is 4.88. The molecule has 5 nitrogen and oxygen atoms in total. The highest BCUT2D eigenvalue weighted by Crippen LogP contribution is 2.24. The number of hydrogen-bond donors (Lipinski definition) is 2. The summed E-state index contributed by atoms with van der Waals surface area (Å²) < 4.78 is 13.1. The van der Waals surface area contributed by atoms with E-state index in [2.05, 4.69) is 20.4 Å². The van der Waals surface area contributed by atoms with Gasteiger partial charge in [-0.3, -0.25) is 9.89 Å². The van der Waals surface area contributed by atoms with Gasteiger partial charge in [-0.15, -0.1) is 0 Å². The molecule has 138 valence electrons. The Balaban J connectivity index is 1.39. The van der Waals surface area contributed by atoms with Crippen LogP contribution in [0.2, 0.25) is 0 Å². The smallest absolute Gasteiger partial charge is 0.251 e. The van der Waals surface area contributed by atoms with Gasteiger partial charge in [0.15, 0.2) is 5.82 Å². The number of aryl methyl sites for hydroxylation is 1. The highest BCUT2D eigenvalue weighted by atomic mass is 19.1. The van der Waals surface area contributed by atoms with E-state index in [4.69, 9.17) is 0 Å². The van der Waals surface area contributed by atoms with Crippen molar-refractivity contribution in [3.8, 4) is 11.3 Å². The Morgan fingerprint density at radius 1 is 1.19 bits per heavy atom. The van der Waals surface area contributed by atoms with Gasteiger partial charge in [0, 0.05) is 30.8 Å². The molecule has 0 bridgehead atoms.